The quantitative estimate of drug-likeness (QED) is 0.901. The predicted octanol–water partition coefficient (Wildman–Crippen LogP) is 1.62. The third-order valence-corrected chi connectivity index (χ3v) is 4.52. The van der Waals surface area contributed by atoms with Gasteiger partial charge < -0.3 is 10.2 Å². The number of anilines is 1. The Bertz CT molecular complexity index is 418. The van der Waals surface area contributed by atoms with E-state index >= 15 is 0 Å². The van der Waals surface area contributed by atoms with E-state index in [9.17, 15) is 4.79 Å². The van der Waals surface area contributed by atoms with E-state index in [2.05, 4.69) is 34.3 Å². The Morgan fingerprint density at radius 1 is 1.56 bits per heavy atom. The number of hydrogen-bond acceptors (Lipinski definition) is 5. The maximum absolute atomic E-state index is 11.3. The molecule has 0 aliphatic carbocycles. The zero-order valence-corrected chi connectivity index (χ0v) is 12.0. The van der Waals surface area contributed by atoms with E-state index in [1.165, 1.54) is 0 Å². The summed E-state index contributed by atoms with van der Waals surface area (Å²) >= 11 is 1.67. The Morgan fingerprint density at radius 2 is 2.33 bits per heavy atom. The zero-order chi connectivity index (χ0) is 13.1. The lowest BCUT2D eigenvalue weighted by Gasteiger charge is -2.13. The molecule has 6 heteroatoms. The average molecular weight is 268 g/mol. The summed E-state index contributed by atoms with van der Waals surface area (Å²) in [5.41, 5.74) is 0. The van der Waals surface area contributed by atoms with Gasteiger partial charge in [0.05, 0.1) is 0 Å². The summed E-state index contributed by atoms with van der Waals surface area (Å²) in [6, 6.07) is 0. The fraction of sp³-hybridized carbons (Fsp3) is 0.750. The molecule has 1 atom stereocenters. The summed E-state index contributed by atoms with van der Waals surface area (Å²) in [4.78, 5) is 13.6. The molecule has 100 valence electrons. The molecule has 1 aromatic rings. The van der Waals surface area contributed by atoms with Crippen LogP contribution in [-0.4, -0.2) is 36.2 Å². The van der Waals surface area contributed by atoms with E-state index in [0.29, 0.717) is 18.3 Å². The Balaban J connectivity index is 1.93. The topological polar surface area (TPSA) is 58.1 Å². The van der Waals surface area contributed by atoms with E-state index in [4.69, 9.17) is 0 Å². The maximum atomic E-state index is 11.3. The minimum atomic E-state index is 0.127. The van der Waals surface area contributed by atoms with Crippen molar-refractivity contribution in [3.8, 4) is 0 Å². The van der Waals surface area contributed by atoms with Crippen molar-refractivity contribution in [3.05, 3.63) is 5.01 Å². The minimum absolute atomic E-state index is 0.127. The van der Waals surface area contributed by atoms with E-state index in [-0.39, 0.29) is 5.91 Å². The van der Waals surface area contributed by atoms with Crippen LogP contribution in [0.1, 0.15) is 37.6 Å². The Morgan fingerprint density at radius 3 is 2.94 bits per heavy atom. The number of hydrogen-bond donors (Lipinski definition) is 1. The van der Waals surface area contributed by atoms with Crippen LogP contribution in [0, 0.1) is 5.92 Å². The van der Waals surface area contributed by atoms with Crippen LogP contribution in [0.15, 0.2) is 0 Å². The van der Waals surface area contributed by atoms with E-state index < -0.39 is 0 Å². The zero-order valence-electron chi connectivity index (χ0n) is 11.1. The molecule has 1 amide bonds. The van der Waals surface area contributed by atoms with Crippen molar-refractivity contribution in [2.24, 2.45) is 5.92 Å². The highest BCUT2D eigenvalue weighted by Crippen LogP contribution is 2.30. The normalized spacial score (nSPS) is 19.6. The van der Waals surface area contributed by atoms with Gasteiger partial charge in [0, 0.05) is 32.5 Å². The van der Waals surface area contributed by atoms with Crippen LogP contribution in [-0.2, 0) is 4.79 Å². The van der Waals surface area contributed by atoms with Crippen LogP contribution in [0.3, 0.4) is 0 Å². The average Bonchev–Trinajstić information content (AvgIpc) is 2.96. The largest absolute Gasteiger partial charge is 0.359 e. The predicted molar refractivity (Wildman–Crippen MR) is 73.0 cm³/mol. The van der Waals surface area contributed by atoms with Crippen LogP contribution in [0.25, 0.3) is 0 Å². The van der Waals surface area contributed by atoms with Gasteiger partial charge in [0.1, 0.15) is 5.01 Å². The van der Waals surface area contributed by atoms with E-state index in [0.717, 1.165) is 29.6 Å². The lowest BCUT2D eigenvalue weighted by atomic mass is 10.1. The molecule has 18 heavy (non-hydrogen) atoms. The molecule has 0 radical (unpaired) electrons. The molecule has 5 nitrogen and oxygen atoms in total. The van der Waals surface area contributed by atoms with Crippen LogP contribution < -0.4 is 10.2 Å². The summed E-state index contributed by atoms with van der Waals surface area (Å²) < 4.78 is 0. The molecule has 1 N–H and O–H groups in total. The maximum Gasteiger partial charge on any atom is 0.220 e. The number of aromatic nitrogens is 2. The van der Waals surface area contributed by atoms with E-state index in [1.54, 1.807) is 18.4 Å². The summed E-state index contributed by atoms with van der Waals surface area (Å²) in [5.74, 6) is 0.999. The van der Waals surface area contributed by atoms with Gasteiger partial charge in [-0.05, 0) is 12.3 Å². The highest BCUT2D eigenvalue weighted by atomic mass is 32.1. The smallest absolute Gasteiger partial charge is 0.220 e. The number of carbonyl (C=O) groups is 1. The SMILES string of the molecule is CNC(=O)C[C@H]1CCN(c2nnc(C(C)C)s2)C1. The standard InChI is InChI=1S/C12H20N4OS/c1-8(2)11-14-15-12(18-11)16-5-4-9(7-16)6-10(17)13-3/h8-9H,4-7H2,1-3H3,(H,13,17)/t9-/m1/s1. The van der Waals surface area contributed by atoms with Crippen molar-refractivity contribution >= 4 is 22.4 Å². The van der Waals surface area contributed by atoms with Crippen molar-refractivity contribution in [3.63, 3.8) is 0 Å². The first-order valence-electron chi connectivity index (χ1n) is 6.39. The van der Waals surface area contributed by atoms with Crippen LogP contribution in [0.2, 0.25) is 0 Å². The lowest BCUT2D eigenvalue weighted by Crippen LogP contribution is -2.24. The molecule has 0 bridgehead atoms. The van der Waals surface area contributed by atoms with Gasteiger partial charge in [-0.2, -0.15) is 0 Å². The van der Waals surface area contributed by atoms with Gasteiger partial charge in [0.2, 0.25) is 11.0 Å². The molecule has 1 aliphatic heterocycles. The molecular weight excluding hydrogens is 248 g/mol. The van der Waals surface area contributed by atoms with Gasteiger partial charge in [-0.25, -0.2) is 0 Å². The first-order chi connectivity index (χ1) is 8.60. The Labute approximate surface area is 112 Å². The van der Waals surface area contributed by atoms with Crippen LogP contribution >= 0.6 is 11.3 Å². The van der Waals surface area contributed by atoms with Crippen molar-refractivity contribution in [1.29, 1.82) is 0 Å². The van der Waals surface area contributed by atoms with Crippen LogP contribution in [0.4, 0.5) is 5.13 Å². The van der Waals surface area contributed by atoms with Gasteiger partial charge in [0.15, 0.2) is 0 Å². The highest BCUT2D eigenvalue weighted by molar-refractivity contribution is 7.15. The number of amides is 1. The molecule has 2 heterocycles. The number of nitrogens with zero attached hydrogens (tertiary/aromatic N) is 3. The first-order valence-corrected chi connectivity index (χ1v) is 7.20. The van der Waals surface area contributed by atoms with Gasteiger partial charge >= 0.3 is 0 Å². The van der Waals surface area contributed by atoms with Gasteiger partial charge in [-0.15, -0.1) is 10.2 Å². The van der Waals surface area contributed by atoms with Crippen molar-refractivity contribution in [2.75, 3.05) is 25.0 Å². The van der Waals surface area contributed by atoms with E-state index in [1.807, 2.05) is 0 Å². The van der Waals surface area contributed by atoms with Gasteiger partial charge in [0.25, 0.3) is 0 Å². The second-order valence-corrected chi connectivity index (χ2v) is 6.04. The fourth-order valence-corrected chi connectivity index (χ4v) is 3.01. The fourth-order valence-electron chi connectivity index (χ4n) is 2.12. The van der Waals surface area contributed by atoms with Crippen LogP contribution in [0.5, 0.6) is 0 Å². The molecule has 2 rings (SSSR count). The minimum Gasteiger partial charge on any atom is -0.359 e. The number of nitrogens with one attached hydrogen (secondary N) is 1. The third-order valence-electron chi connectivity index (χ3n) is 3.23. The molecular formula is C12H20N4OS. The third kappa shape index (κ3) is 2.98. The summed E-state index contributed by atoms with van der Waals surface area (Å²) in [5, 5.41) is 13.2. The summed E-state index contributed by atoms with van der Waals surface area (Å²) in [7, 11) is 1.69. The second-order valence-electron chi connectivity index (χ2n) is 5.06. The monoisotopic (exact) mass is 268 g/mol. The molecule has 0 spiro atoms. The van der Waals surface area contributed by atoms with Gasteiger partial charge in [-0.1, -0.05) is 25.2 Å². The summed E-state index contributed by atoms with van der Waals surface area (Å²) in [6.45, 7) is 6.15. The van der Waals surface area contributed by atoms with Crippen molar-refractivity contribution in [1.82, 2.24) is 15.5 Å². The Hall–Kier alpha value is -1.17. The molecule has 0 aromatic carbocycles. The first kappa shape index (κ1) is 13.3. The number of rotatable bonds is 4. The molecule has 1 aromatic heterocycles. The lowest BCUT2D eigenvalue weighted by molar-refractivity contribution is -0.121. The van der Waals surface area contributed by atoms with Crippen molar-refractivity contribution in [2.45, 2.75) is 32.6 Å². The highest BCUT2D eigenvalue weighted by Gasteiger charge is 2.26. The molecule has 0 saturated carbocycles. The van der Waals surface area contributed by atoms with Gasteiger partial charge in [-0.3, -0.25) is 4.79 Å². The summed E-state index contributed by atoms with van der Waals surface area (Å²) in [6.07, 6.45) is 1.67. The Kier molecular flexibility index (Phi) is 4.16. The molecule has 1 fully saturated rings. The molecule has 0 unspecified atom stereocenters. The molecule has 1 aliphatic rings. The van der Waals surface area contributed by atoms with Crippen molar-refractivity contribution < 1.29 is 4.79 Å². The molecule has 1 saturated heterocycles. The second kappa shape index (κ2) is 5.65. The number of carbonyl (C=O) groups excluding carboxylic acids is 1.